The minimum absolute atomic E-state index is 0.0177. The lowest BCUT2D eigenvalue weighted by Gasteiger charge is -2.10. The number of carbonyl (C=O) groups excluding carboxylic acids is 1. The van der Waals surface area contributed by atoms with E-state index in [4.69, 9.17) is 16.3 Å². The van der Waals surface area contributed by atoms with Crippen molar-refractivity contribution in [1.29, 1.82) is 0 Å². The number of nitro benzene ring substituents is 1. The van der Waals surface area contributed by atoms with Gasteiger partial charge in [0.25, 0.3) is 5.69 Å². The number of benzene rings is 2. The summed E-state index contributed by atoms with van der Waals surface area (Å²) in [6.45, 7) is 0. The van der Waals surface area contributed by atoms with Gasteiger partial charge in [0.05, 0.1) is 29.2 Å². The number of ether oxygens (including phenoxy) is 1. The van der Waals surface area contributed by atoms with Gasteiger partial charge in [0, 0.05) is 22.7 Å². The molecule has 0 aliphatic carbocycles. The molecule has 0 unspecified atom stereocenters. The van der Waals surface area contributed by atoms with Gasteiger partial charge in [-0.2, -0.15) is 0 Å². The van der Waals surface area contributed by atoms with E-state index in [1.165, 1.54) is 31.0 Å². The minimum Gasteiger partial charge on any atom is -0.495 e. The summed E-state index contributed by atoms with van der Waals surface area (Å²) in [7, 11) is 1.51. The van der Waals surface area contributed by atoms with Crippen molar-refractivity contribution in [2.75, 3.05) is 18.2 Å². The first-order chi connectivity index (χ1) is 14.0. The fraction of sp³-hybridized carbons (Fsp3) is 0.105. The summed E-state index contributed by atoms with van der Waals surface area (Å²) in [5.41, 5.74) is 1.56. The van der Waals surface area contributed by atoms with Gasteiger partial charge >= 0.3 is 0 Å². The van der Waals surface area contributed by atoms with E-state index in [0.29, 0.717) is 32.7 Å². The largest absolute Gasteiger partial charge is 0.495 e. The molecule has 0 aliphatic rings. The first-order valence-electron chi connectivity index (χ1n) is 8.31. The molecule has 3 rings (SSSR count). The zero-order valence-corrected chi connectivity index (χ0v) is 16.7. The van der Waals surface area contributed by atoms with Crippen LogP contribution in [0, 0.1) is 10.1 Å². The Kier molecular flexibility index (Phi) is 6.63. The van der Waals surface area contributed by atoms with Gasteiger partial charge in [-0.25, -0.2) is 0 Å². The number of hydrogen-bond acceptors (Lipinski definition) is 7. The van der Waals surface area contributed by atoms with Gasteiger partial charge < -0.3 is 10.1 Å². The number of rotatable bonds is 7. The average molecular weight is 431 g/mol. The summed E-state index contributed by atoms with van der Waals surface area (Å²) in [5.74, 6) is 0.370. The number of anilines is 1. The molecule has 1 amide bonds. The molecule has 1 N–H and O–H groups in total. The van der Waals surface area contributed by atoms with Gasteiger partial charge in [0.1, 0.15) is 10.8 Å². The summed E-state index contributed by atoms with van der Waals surface area (Å²) in [6.07, 6.45) is 0. The number of nitrogens with one attached hydrogen (secondary N) is 1. The number of halogens is 1. The number of carbonyl (C=O) groups is 1. The van der Waals surface area contributed by atoms with Crippen molar-refractivity contribution < 1.29 is 14.5 Å². The molecule has 0 saturated heterocycles. The van der Waals surface area contributed by atoms with Crippen LogP contribution in [0.2, 0.25) is 5.02 Å². The van der Waals surface area contributed by atoms with E-state index >= 15 is 0 Å². The Morgan fingerprint density at radius 3 is 2.72 bits per heavy atom. The molecule has 0 fully saturated rings. The van der Waals surface area contributed by atoms with E-state index < -0.39 is 4.92 Å². The molecular weight excluding hydrogens is 416 g/mol. The molecule has 1 heterocycles. The van der Waals surface area contributed by atoms with E-state index in [-0.39, 0.29) is 17.3 Å². The number of aromatic nitrogens is 2. The van der Waals surface area contributed by atoms with Crippen LogP contribution in [0.5, 0.6) is 5.75 Å². The number of nitrogens with zero attached hydrogens (tertiary/aromatic N) is 3. The molecule has 0 atom stereocenters. The molecule has 29 heavy (non-hydrogen) atoms. The molecule has 8 nitrogen and oxygen atoms in total. The van der Waals surface area contributed by atoms with Gasteiger partial charge in [0.2, 0.25) is 5.91 Å². The molecule has 0 aliphatic heterocycles. The number of hydrogen-bond donors (Lipinski definition) is 1. The first kappa shape index (κ1) is 20.6. The maximum Gasteiger partial charge on any atom is 0.270 e. The second kappa shape index (κ2) is 9.35. The highest BCUT2D eigenvalue weighted by Gasteiger charge is 2.11. The lowest BCUT2D eigenvalue weighted by Crippen LogP contribution is -2.14. The highest BCUT2D eigenvalue weighted by Crippen LogP contribution is 2.28. The number of thioether (sulfide) groups is 1. The highest BCUT2D eigenvalue weighted by atomic mass is 35.5. The molecule has 1 aromatic heterocycles. The minimum atomic E-state index is -0.464. The van der Waals surface area contributed by atoms with Crippen molar-refractivity contribution in [2.45, 2.75) is 5.03 Å². The van der Waals surface area contributed by atoms with E-state index in [1.807, 2.05) is 0 Å². The molecule has 0 saturated carbocycles. The standard InChI is InChI=1S/C19H15ClN4O4S/c1-28-17-7-5-13(20)10-16(17)21-18(25)11-29-19-8-6-15(22-23-19)12-3-2-4-14(9-12)24(26)27/h2-10H,11H2,1H3,(H,21,25). The van der Waals surface area contributed by atoms with Crippen molar-refractivity contribution >= 4 is 40.6 Å². The Balaban J connectivity index is 1.62. The zero-order chi connectivity index (χ0) is 20.8. The second-order valence-electron chi connectivity index (χ2n) is 5.75. The Labute approximate surface area is 175 Å². The van der Waals surface area contributed by atoms with Gasteiger partial charge in [-0.05, 0) is 30.3 Å². The molecule has 0 spiro atoms. The third kappa shape index (κ3) is 5.43. The summed E-state index contributed by atoms with van der Waals surface area (Å²) < 4.78 is 5.20. The van der Waals surface area contributed by atoms with Crippen LogP contribution in [-0.4, -0.2) is 33.9 Å². The summed E-state index contributed by atoms with van der Waals surface area (Å²) >= 11 is 7.16. The van der Waals surface area contributed by atoms with Crippen molar-refractivity contribution in [2.24, 2.45) is 0 Å². The third-order valence-electron chi connectivity index (χ3n) is 3.78. The van der Waals surface area contributed by atoms with Crippen molar-refractivity contribution in [3.05, 3.63) is 69.7 Å². The second-order valence-corrected chi connectivity index (χ2v) is 7.18. The maximum atomic E-state index is 12.2. The first-order valence-corrected chi connectivity index (χ1v) is 9.67. The van der Waals surface area contributed by atoms with Crippen LogP contribution in [0.25, 0.3) is 11.3 Å². The fourth-order valence-corrected chi connectivity index (χ4v) is 3.22. The molecule has 148 valence electrons. The SMILES string of the molecule is COc1ccc(Cl)cc1NC(=O)CSc1ccc(-c2cccc([N+](=O)[O-])c2)nn1. The fourth-order valence-electron chi connectivity index (χ4n) is 2.43. The van der Waals surface area contributed by atoms with Gasteiger partial charge in [-0.15, -0.1) is 10.2 Å². The smallest absolute Gasteiger partial charge is 0.270 e. The van der Waals surface area contributed by atoms with Crippen molar-refractivity contribution in [1.82, 2.24) is 10.2 Å². The number of non-ortho nitro benzene ring substituents is 1. The van der Waals surface area contributed by atoms with E-state index in [0.717, 1.165) is 0 Å². The van der Waals surface area contributed by atoms with Crippen molar-refractivity contribution in [3.63, 3.8) is 0 Å². The van der Waals surface area contributed by atoms with Gasteiger partial charge in [-0.3, -0.25) is 14.9 Å². The Morgan fingerprint density at radius 2 is 2.03 bits per heavy atom. The van der Waals surface area contributed by atoms with Gasteiger partial charge in [0.15, 0.2) is 0 Å². The van der Waals surface area contributed by atoms with Crippen LogP contribution in [0.3, 0.4) is 0 Å². The van der Waals surface area contributed by atoms with E-state index in [9.17, 15) is 14.9 Å². The molecule has 3 aromatic rings. The Morgan fingerprint density at radius 1 is 1.21 bits per heavy atom. The van der Waals surface area contributed by atoms with Crippen LogP contribution >= 0.6 is 23.4 Å². The third-order valence-corrected chi connectivity index (χ3v) is 4.93. The molecule has 0 radical (unpaired) electrons. The van der Waals surface area contributed by atoms with E-state index in [2.05, 4.69) is 15.5 Å². The zero-order valence-electron chi connectivity index (χ0n) is 15.2. The lowest BCUT2D eigenvalue weighted by atomic mass is 10.1. The van der Waals surface area contributed by atoms with Crippen LogP contribution in [0.15, 0.2) is 59.6 Å². The highest BCUT2D eigenvalue weighted by molar-refractivity contribution is 7.99. The summed E-state index contributed by atoms with van der Waals surface area (Å²) in [5, 5.41) is 22.8. The summed E-state index contributed by atoms with van der Waals surface area (Å²) in [6, 6.07) is 14.5. The predicted molar refractivity (Wildman–Crippen MR) is 111 cm³/mol. The van der Waals surface area contributed by atoms with Crippen LogP contribution in [-0.2, 0) is 4.79 Å². The predicted octanol–water partition coefficient (Wildman–Crippen LogP) is 4.44. The average Bonchev–Trinajstić information content (AvgIpc) is 2.73. The van der Waals surface area contributed by atoms with Crippen LogP contribution in [0.4, 0.5) is 11.4 Å². The number of nitro groups is 1. The number of methoxy groups -OCH3 is 1. The van der Waals surface area contributed by atoms with Crippen LogP contribution in [0.1, 0.15) is 0 Å². The quantitative estimate of drug-likeness (QED) is 0.335. The maximum absolute atomic E-state index is 12.2. The molecule has 10 heteroatoms. The van der Waals surface area contributed by atoms with Crippen molar-refractivity contribution in [3.8, 4) is 17.0 Å². The number of amides is 1. The topological polar surface area (TPSA) is 107 Å². The Hall–Kier alpha value is -3.17. The van der Waals surface area contributed by atoms with Gasteiger partial charge in [-0.1, -0.05) is 35.5 Å². The monoisotopic (exact) mass is 430 g/mol. The normalized spacial score (nSPS) is 10.4. The lowest BCUT2D eigenvalue weighted by molar-refractivity contribution is -0.384. The Bertz CT molecular complexity index is 1050. The molecule has 0 bridgehead atoms. The van der Waals surface area contributed by atoms with Crippen LogP contribution < -0.4 is 10.1 Å². The molecule has 2 aromatic carbocycles. The van der Waals surface area contributed by atoms with E-state index in [1.54, 1.807) is 42.5 Å². The molecular formula is C19H15ClN4O4S. The summed E-state index contributed by atoms with van der Waals surface area (Å²) in [4.78, 5) is 22.6.